The van der Waals surface area contributed by atoms with E-state index in [0.717, 1.165) is 65.3 Å². The highest BCUT2D eigenvalue weighted by Crippen LogP contribution is 2.11. The van der Waals surface area contributed by atoms with Gasteiger partial charge in [-0.2, -0.15) is 0 Å². The summed E-state index contributed by atoms with van der Waals surface area (Å²) in [5.74, 6) is 0.192. The van der Waals surface area contributed by atoms with E-state index in [1.54, 1.807) is 7.11 Å². The van der Waals surface area contributed by atoms with Crippen molar-refractivity contribution >= 4 is 5.91 Å². The number of amides is 1. The average Bonchev–Trinajstić information content (AvgIpc) is 2.55. The van der Waals surface area contributed by atoms with Crippen LogP contribution in [0.4, 0.5) is 0 Å². The molecule has 0 aliphatic carbocycles. The number of nitrogens with one attached hydrogen (secondary N) is 1. The largest absolute Gasteiger partial charge is 0.383 e. The molecule has 2 aliphatic heterocycles. The Morgan fingerprint density at radius 1 is 1.17 bits per heavy atom. The van der Waals surface area contributed by atoms with Crippen molar-refractivity contribution in [3.63, 3.8) is 0 Å². The van der Waals surface area contributed by atoms with Crippen molar-refractivity contribution in [2.45, 2.75) is 38.8 Å². The molecule has 0 aromatic rings. The number of hydrogen-bond acceptors (Lipinski definition) is 5. The number of rotatable bonds is 7. The number of methoxy groups -OCH3 is 1. The molecule has 2 saturated heterocycles. The summed E-state index contributed by atoms with van der Waals surface area (Å²) >= 11 is 0. The summed E-state index contributed by atoms with van der Waals surface area (Å²) in [5.41, 5.74) is 0. The standard InChI is InChI=1S/C17H34N4O2/c1-4-19-7-5-16(6-8-19)18-17(22)14-20-9-10-21(11-12-23-3)15(2)13-20/h15-16H,4-14H2,1-3H3,(H,18,22). The highest BCUT2D eigenvalue weighted by molar-refractivity contribution is 5.78. The van der Waals surface area contributed by atoms with Crippen molar-refractivity contribution in [1.29, 1.82) is 0 Å². The van der Waals surface area contributed by atoms with Crippen molar-refractivity contribution < 1.29 is 9.53 Å². The van der Waals surface area contributed by atoms with Gasteiger partial charge in [0.1, 0.15) is 0 Å². The van der Waals surface area contributed by atoms with Gasteiger partial charge in [0.25, 0.3) is 0 Å². The minimum atomic E-state index is 0.192. The van der Waals surface area contributed by atoms with Crippen LogP contribution in [0.2, 0.25) is 0 Å². The summed E-state index contributed by atoms with van der Waals surface area (Å²) in [4.78, 5) is 19.5. The van der Waals surface area contributed by atoms with Gasteiger partial charge in [-0.25, -0.2) is 0 Å². The summed E-state index contributed by atoms with van der Waals surface area (Å²) in [6.07, 6.45) is 2.17. The van der Waals surface area contributed by atoms with Crippen LogP contribution in [0.25, 0.3) is 0 Å². The van der Waals surface area contributed by atoms with Crippen molar-refractivity contribution in [2.24, 2.45) is 0 Å². The molecular formula is C17H34N4O2. The Labute approximate surface area is 141 Å². The lowest BCUT2D eigenvalue weighted by molar-refractivity contribution is -0.124. The Balaban J connectivity index is 1.66. The second-order valence-electron chi connectivity index (χ2n) is 6.89. The third kappa shape index (κ3) is 6.03. The summed E-state index contributed by atoms with van der Waals surface area (Å²) in [6, 6.07) is 0.852. The van der Waals surface area contributed by atoms with E-state index in [0.29, 0.717) is 18.6 Å². The quantitative estimate of drug-likeness (QED) is 0.726. The van der Waals surface area contributed by atoms with Crippen molar-refractivity contribution in [3.8, 4) is 0 Å². The zero-order valence-corrected chi connectivity index (χ0v) is 15.1. The summed E-state index contributed by atoms with van der Waals surface area (Å²) in [6.45, 7) is 13.0. The number of piperidine rings is 1. The van der Waals surface area contributed by atoms with Gasteiger partial charge in [-0.15, -0.1) is 0 Å². The van der Waals surface area contributed by atoms with Gasteiger partial charge < -0.3 is 15.0 Å². The maximum atomic E-state index is 12.3. The zero-order valence-electron chi connectivity index (χ0n) is 15.1. The number of likely N-dealkylation sites (tertiary alicyclic amines) is 1. The van der Waals surface area contributed by atoms with E-state index < -0.39 is 0 Å². The first-order valence-corrected chi connectivity index (χ1v) is 9.09. The van der Waals surface area contributed by atoms with Crippen LogP contribution in [-0.4, -0.2) is 98.8 Å². The molecule has 0 aromatic heterocycles. The minimum Gasteiger partial charge on any atom is -0.383 e. The molecule has 1 amide bonds. The predicted octanol–water partition coefficient (Wildman–Crippen LogP) is 0.239. The number of carbonyl (C=O) groups is 1. The van der Waals surface area contributed by atoms with Gasteiger partial charge in [-0.1, -0.05) is 6.92 Å². The highest BCUT2D eigenvalue weighted by Gasteiger charge is 2.25. The monoisotopic (exact) mass is 326 g/mol. The Morgan fingerprint density at radius 3 is 2.52 bits per heavy atom. The molecule has 6 heteroatoms. The van der Waals surface area contributed by atoms with Crippen LogP contribution < -0.4 is 5.32 Å². The molecule has 1 N–H and O–H groups in total. The van der Waals surface area contributed by atoms with Crippen LogP contribution in [0.1, 0.15) is 26.7 Å². The number of piperazine rings is 1. The Morgan fingerprint density at radius 2 is 1.91 bits per heavy atom. The van der Waals surface area contributed by atoms with Crippen LogP contribution in [0.15, 0.2) is 0 Å². The number of hydrogen-bond donors (Lipinski definition) is 1. The molecule has 23 heavy (non-hydrogen) atoms. The molecule has 6 nitrogen and oxygen atoms in total. The molecule has 0 aromatic carbocycles. The van der Waals surface area contributed by atoms with Crippen molar-refractivity contribution in [3.05, 3.63) is 0 Å². The normalized spacial score (nSPS) is 25.6. The number of carbonyl (C=O) groups excluding carboxylic acids is 1. The van der Waals surface area contributed by atoms with Gasteiger partial charge >= 0.3 is 0 Å². The highest BCUT2D eigenvalue weighted by atomic mass is 16.5. The fourth-order valence-corrected chi connectivity index (χ4v) is 3.62. The third-order valence-corrected chi connectivity index (χ3v) is 5.20. The molecule has 134 valence electrons. The Bertz CT molecular complexity index is 359. The molecule has 2 aliphatic rings. The molecule has 0 saturated carbocycles. The Hall–Kier alpha value is -0.690. The van der Waals surface area contributed by atoms with Crippen molar-refractivity contribution in [1.82, 2.24) is 20.0 Å². The van der Waals surface area contributed by atoms with E-state index in [-0.39, 0.29) is 5.91 Å². The second kappa shape index (κ2) is 9.57. The smallest absolute Gasteiger partial charge is 0.234 e. The summed E-state index contributed by atoms with van der Waals surface area (Å²) in [5, 5.41) is 3.23. The fraction of sp³-hybridized carbons (Fsp3) is 0.941. The fourth-order valence-electron chi connectivity index (χ4n) is 3.62. The molecule has 1 unspecified atom stereocenters. The Kier molecular flexibility index (Phi) is 7.76. The van der Waals surface area contributed by atoms with Crippen LogP contribution in [-0.2, 0) is 9.53 Å². The third-order valence-electron chi connectivity index (χ3n) is 5.20. The lowest BCUT2D eigenvalue weighted by Gasteiger charge is -2.39. The topological polar surface area (TPSA) is 48.1 Å². The predicted molar refractivity (Wildman–Crippen MR) is 92.6 cm³/mol. The van der Waals surface area contributed by atoms with Gasteiger partial charge in [-0.3, -0.25) is 14.6 Å². The van der Waals surface area contributed by atoms with E-state index in [2.05, 4.69) is 33.9 Å². The van der Waals surface area contributed by atoms with Gasteiger partial charge in [0, 0.05) is 58.5 Å². The first-order chi connectivity index (χ1) is 11.1. The molecule has 2 heterocycles. The van der Waals surface area contributed by atoms with Gasteiger partial charge in [0.2, 0.25) is 5.91 Å². The lowest BCUT2D eigenvalue weighted by Crippen LogP contribution is -2.55. The van der Waals surface area contributed by atoms with Crippen LogP contribution in [0, 0.1) is 0 Å². The zero-order chi connectivity index (χ0) is 16.7. The minimum absolute atomic E-state index is 0.192. The molecule has 0 radical (unpaired) electrons. The van der Waals surface area contributed by atoms with Gasteiger partial charge in [0.15, 0.2) is 0 Å². The van der Waals surface area contributed by atoms with Gasteiger partial charge in [0.05, 0.1) is 13.2 Å². The second-order valence-corrected chi connectivity index (χ2v) is 6.89. The van der Waals surface area contributed by atoms with Crippen molar-refractivity contribution in [2.75, 3.05) is 66.1 Å². The molecule has 2 rings (SSSR count). The van der Waals surface area contributed by atoms with Gasteiger partial charge in [-0.05, 0) is 26.3 Å². The van der Waals surface area contributed by atoms with Crippen LogP contribution >= 0.6 is 0 Å². The molecule has 0 bridgehead atoms. The number of nitrogens with zero attached hydrogens (tertiary/aromatic N) is 3. The lowest BCUT2D eigenvalue weighted by atomic mass is 10.1. The van der Waals surface area contributed by atoms with E-state index in [9.17, 15) is 4.79 Å². The van der Waals surface area contributed by atoms with E-state index in [4.69, 9.17) is 4.74 Å². The first-order valence-electron chi connectivity index (χ1n) is 9.09. The molecule has 1 atom stereocenters. The van der Waals surface area contributed by atoms with E-state index in [1.165, 1.54) is 0 Å². The van der Waals surface area contributed by atoms with Crippen LogP contribution in [0.5, 0.6) is 0 Å². The van der Waals surface area contributed by atoms with E-state index >= 15 is 0 Å². The maximum absolute atomic E-state index is 12.3. The summed E-state index contributed by atoms with van der Waals surface area (Å²) < 4.78 is 5.16. The molecule has 0 spiro atoms. The molecular weight excluding hydrogens is 292 g/mol. The van der Waals surface area contributed by atoms with E-state index in [1.807, 2.05) is 0 Å². The SMILES string of the molecule is CCN1CCC(NC(=O)CN2CCN(CCOC)C(C)C2)CC1. The number of ether oxygens (including phenoxy) is 1. The molecule has 2 fully saturated rings. The first kappa shape index (κ1) is 18.6. The average molecular weight is 326 g/mol. The summed E-state index contributed by atoms with van der Waals surface area (Å²) in [7, 11) is 1.75. The maximum Gasteiger partial charge on any atom is 0.234 e. The van der Waals surface area contributed by atoms with Crippen LogP contribution in [0.3, 0.4) is 0 Å².